The molecule has 2 rings (SSSR count). The SMILES string of the molecule is COCCn1ncc(Cl)c1C(N)C1CC1(C)C. The number of methoxy groups -OCH3 is 1. The maximum absolute atomic E-state index is 6.31. The number of hydrogen-bond donors (Lipinski definition) is 1. The second-order valence-corrected chi connectivity index (χ2v) is 5.83. The van der Waals surface area contributed by atoms with Crippen LogP contribution in [0.4, 0.5) is 0 Å². The largest absolute Gasteiger partial charge is 0.383 e. The van der Waals surface area contributed by atoms with Crippen LogP contribution < -0.4 is 5.73 Å². The predicted octanol–water partition coefficient (Wildman–Crippen LogP) is 2.23. The van der Waals surface area contributed by atoms with Crippen molar-refractivity contribution in [1.82, 2.24) is 9.78 Å². The maximum Gasteiger partial charge on any atom is 0.0834 e. The van der Waals surface area contributed by atoms with Crippen LogP contribution in [-0.4, -0.2) is 23.5 Å². The molecular weight excluding hydrogens is 238 g/mol. The Morgan fingerprint density at radius 1 is 1.71 bits per heavy atom. The minimum Gasteiger partial charge on any atom is -0.383 e. The minimum atomic E-state index is -0.0307. The van der Waals surface area contributed by atoms with Gasteiger partial charge in [-0.2, -0.15) is 5.10 Å². The Morgan fingerprint density at radius 3 is 2.88 bits per heavy atom. The van der Waals surface area contributed by atoms with Gasteiger partial charge in [-0.25, -0.2) is 0 Å². The first-order valence-electron chi connectivity index (χ1n) is 5.93. The molecule has 96 valence electrons. The Morgan fingerprint density at radius 2 is 2.35 bits per heavy atom. The number of hydrogen-bond acceptors (Lipinski definition) is 3. The van der Waals surface area contributed by atoms with E-state index in [0.717, 1.165) is 12.1 Å². The molecule has 0 amide bonds. The van der Waals surface area contributed by atoms with Crippen LogP contribution in [-0.2, 0) is 11.3 Å². The summed E-state index contributed by atoms with van der Waals surface area (Å²) in [5.41, 5.74) is 7.58. The van der Waals surface area contributed by atoms with Gasteiger partial charge < -0.3 is 10.5 Å². The van der Waals surface area contributed by atoms with E-state index in [9.17, 15) is 0 Å². The lowest BCUT2D eigenvalue weighted by Crippen LogP contribution is -2.21. The molecule has 0 aromatic carbocycles. The van der Waals surface area contributed by atoms with Gasteiger partial charge in [-0.15, -0.1) is 0 Å². The number of rotatable bonds is 5. The van der Waals surface area contributed by atoms with Gasteiger partial charge >= 0.3 is 0 Å². The van der Waals surface area contributed by atoms with Crippen LogP contribution in [0.25, 0.3) is 0 Å². The molecule has 4 nitrogen and oxygen atoms in total. The van der Waals surface area contributed by atoms with Crippen LogP contribution in [0.2, 0.25) is 5.02 Å². The predicted molar refractivity (Wildman–Crippen MR) is 67.9 cm³/mol. The van der Waals surface area contributed by atoms with Crippen molar-refractivity contribution in [1.29, 1.82) is 0 Å². The lowest BCUT2D eigenvalue weighted by molar-refractivity contribution is 0.181. The highest BCUT2D eigenvalue weighted by molar-refractivity contribution is 6.31. The molecule has 0 aliphatic heterocycles. The average Bonchev–Trinajstić information content (AvgIpc) is 2.75. The van der Waals surface area contributed by atoms with Crippen LogP contribution in [0.15, 0.2) is 6.20 Å². The molecule has 0 saturated heterocycles. The van der Waals surface area contributed by atoms with Gasteiger partial charge in [-0.05, 0) is 17.8 Å². The highest BCUT2D eigenvalue weighted by Gasteiger charge is 2.50. The molecule has 1 aliphatic rings. The zero-order chi connectivity index (χ0) is 12.6. The van der Waals surface area contributed by atoms with E-state index in [2.05, 4.69) is 18.9 Å². The number of ether oxygens (including phenoxy) is 1. The first-order valence-corrected chi connectivity index (χ1v) is 6.31. The molecule has 1 heterocycles. The third kappa shape index (κ3) is 2.49. The normalized spacial score (nSPS) is 23.7. The molecule has 0 bridgehead atoms. The van der Waals surface area contributed by atoms with Crippen LogP contribution in [0.3, 0.4) is 0 Å². The summed E-state index contributed by atoms with van der Waals surface area (Å²) in [5, 5.41) is 4.92. The fraction of sp³-hybridized carbons (Fsp3) is 0.750. The standard InChI is InChI=1S/C12H20ClN3O/c1-12(2)6-8(12)10(14)11-9(13)7-15-16(11)4-5-17-3/h7-8,10H,4-6,14H2,1-3H3. The van der Waals surface area contributed by atoms with Crippen molar-refractivity contribution in [3.8, 4) is 0 Å². The van der Waals surface area contributed by atoms with Gasteiger partial charge in [0.1, 0.15) is 0 Å². The van der Waals surface area contributed by atoms with Gasteiger partial charge in [0.2, 0.25) is 0 Å². The van der Waals surface area contributed by atoms with Gasteiger partial charge in [0.25, 0.3) is 0 Å². The number of nitrogens with zero attached hydrogens (tertiary/aromatic N) is 2. The summed E-state index contributed by atoms with van der Waals surface area (Å²) in [6, 6.07) is -0.0307. The first kappa shape index (κ1) is 12.9. The van der Waals surface area contributed by atoms with E-state index >= 15 is 0 Å². The second-order valence-electron chi connectivity index (χ2n) is 5.42. The zero-order valence-corrected chi connectivity index (χ0v) is 11.4. The quantitative estimate of drug-likeness (QED) is 0.880. The number of aromatic nitrogens is 2. The molecule has 17 heavy (non-hydrogen) atoms. The molecule has 5 heteroatoms. The molecule has 1 saturated carbocycles. The van der Waals surface area contributed by atoms with E-state index in [0.29, 0.717) is 29.5 Å². The Bertz CT molecular complexity index is 402. The van der Waals surface area contributed by atoms with Gasteiger partial charge in [0.05, 0.1) is 36.1 Å². The van der Waals surface area contributed by atoms with E-state index < -0.39 is 0 Å². The summed E-state index contributed by atoms with van der Waals surface area (Å²) in [7, 11) is 1.68. The fourth-order valence-corrected chi connectivity index (χ4v) is 2.64. The van der Waals surface area contributed by atoms with Crippen molar-refractivity contribution in [3.63, 3.8) is 0 Å². The summed E-state index contributed by atoms with van der Waals surface area (Å²) >= 11 is 6.18. The maximum atomic E-state index is 6.31. The molecule has 2 atom stereocenters. The van der Waals surface area contributed by atoms with Crippen molar-refractivity contribution in [2.75, 3.05) is 13.7 Å². The molecular formula is C12H20ClN3O. The number of halogens is 1. The van der Waals surface area contributed by atoms with E-state index in [1.54, 1.807) is 13.3 Å². The Hall–Kier alpha value is -0.580. The zero-order valence-electron chi connectivity index (χ0n) is 10.6. The summed E-state index contributed by atoms with van der Waals surface area (Å²) in [4.78, 5) is 0. The second kappa shape index (κ2) is 4.59. The molecule has 0 radical (unpaired) electrons. The van der Waals surface area contributed by atoms with Crippen molar-refractivity contribution >= 4 is 11.6 Å². The molecule has 1 aliphatic carbocycles. The van der Waals surface area contributed by atoms with Gasteiger partial charge in [0.15, 0.2) is 0 Å². The molecule has 2 unspecified atom stereocenters. The first-order chi connectivity index (χ1) is 7.97. The van der Waals surface area contributed by atoms with E-state index in [-0.39, 0.29) is 6.04 Å². The third-order valence-electron chi connectivity index (χ3n) is 3.68. The van der Waals surface area contributed by atoms with E-state index in [1.165, 1.54) is 0 Å². The smallest absolute Gasteiger partial charge is 0.0834 e. The summed E-state index contributed by atoms with van der Waals surface area (Å²) in [5.74, 6) is 0.498. The topological polar surface area (TPSA) is 53.1 Å². The lowest BCUT2D eigenvalue weighted by atomic mass is 10.0. The minimum absolute atomic E-state index is 0.0307. The highest BCUT2D eigenvalue weighted by Crippen LogP contribution is 2.57. The van der Waals surface area contributed by atoms with Crippen molar-refractivity contribution in [3.05, 3.63) is 16.9 Å². The highest BCUT2D eigenvalue weighted by atomic mass is 35.5. The Kier molecular flexibility index (Phi) is 3.48. The van der Waals surface area contributed by atoms with Gasteiger partial charge in [0, 0.05) is 7.11 Å². The lowest BCUT2D eigenvalue weighted by Gasteiger charge is -2.16. The Balaban J connectivity index is 2.16. The summed E-state index contributed by atoms with van der Waals surface area (Å²) < 4.78 is 6.93. The average molecular weight is 258 g/mol. The molecule has 1 aromatic heterocycles. The van der Waals surface area contributed by atoms with Crippen molar-refractivity contribution in [2.45, 2.75) is 32.9 Å². The van der Waals surface area contributed by atoms with Crippen LogP contribution in [0.1, 0.15) is 32.0 Å². The van der Waals surface area contributed by atoms with Crippen LogP contribution in [0.5, 0.6) is 0 Å². The van der Waals surface area contributed by atoms with E-state index in [1.807, 2.05) is 4.68 Å². The number of nitrogens with two attached hydrogens (primary N) is 1. The summed E-state index contributed by atoms with van der Waals surface area (Å²) in [6.45, 7) is 5.79. The monoisotopic (exact) mass is 257 g/mol. The van der Waals surface area contributed by atoms with Crippen LogP contribution >= 0.6 is 11.6 Å². The van der Waals surface area contributed by atoms with Gasteiger partial charge in [-0.1, -0.05) is 25.4 Å². The van der Waals surface area contributed by atoms with E-state index in [4.69, 9.17) is 22.1 Å². The third-order valence-corrected chi connectivity index (χ3v) is 3.97. The molecule has 1 fully saturated rings. The molecule has 2 N–H and O–H groups in total. The molecule has 0 spiro atoms. The molecule has 1 aromatic rings. The Labute approximate surface area is 107 Å². The van der Waals surface area contributed by atoms with Crippen molar-refractivity contribution in [2.24, 2.45) is 17.1 Å². The fourth-order valence-electron chi connectivity index (χ4n) is 2.37. The van der Waals surface area contributed by atoms with Crippen molar-refractivity contribution < 1.29 is 4.74 Å². The summed E-state index contributed by atoms with van der Waals surface area (Å²) in [6.07, 6.45) is 2.82. The van der Waals surface area contributed by atoms with Gasteiger partial charge in [-0.3, -0.25) is 4.68 Å². The van der Waals surface area contributed by atoms with Crippen LogP contribution in [0, 0.1) is 11.3 Å².